The molecular weight excluding hydrogens is 236 g/mol. The van der Waals surface area contributed by atoms with Crippen molar-refractivity contribution in [1.82, 2.24) is 4.98 Å². The fraction of sp³-hybridized carbons (Fsp3) is 0. The average molecular weight is 248 g/mol. The van der Waals surface area contributed by atoms with Crippen molar-refractivity contribution < 1.29 is 4.79 Å². The van der Waals surface area contributed by atoms with E-state index in [-0.39, 0.29) is 0 Å². The number of carbonyl (C=O) groups excluding carboxylic acids is 1. The first-order chi connectivity index (χ1) is 9.25. The zero-order chi connectivity index (χ0) is 13.2. The van der Waals surface area contributed by atoms with Crippen LogP contribution in [0.3, 0.4) is 0 Å². The highest BCUT2D eigenvalue weighted by Gasteiger charge is 2.07. The second-order valence-corrected chi connectivity index (χ2v) is 4.33. The van der Waals surface area contributed by atoms with Crippen molar-refractivity contribution in [3.63, 3.8) is 0 Å². The number of nitrogens with zero attached hydrogens (tertiary/aromatic N) is 1. The molecule has 0 spiro atoms. The van der Waals surface area contributed by atoms with E-state index < -0.39 is 5.91 Å². The molecule has 0 atom stereocenters. The van der Waals surface area contributed by atoms with E-state index in [0.29, 0.717) is 5.56 Å². The molecule has 0 fully saturated rings. The maximum atomic E-state index is 11.3. The topological polar surface area (TPSA) is 56.0 Å². The van der Waals surface area contributed by atoms with Crippen LogP contribution in [-0.4, -0.2) is 10.9 Å². The van der Waals surface area contributed by atoms with Crippen LogP contribution >= 0.6 is 0 Å². The molecule has 0 saturated carbocycles. The van der Waals surface area contributed by atoms with Gasteiger partial charge in [0, 0.05) is 22.7 Å². The number of rotatable bonds is 2. The maximum absolute atomic E-state index is 11.3. The first kappa shape index (κ1) is 11.4. The molecule has 0 unspecified atom stereocenters. The molecule has 0 aliphatic carbocycles. The Morgan fingerprint density at radius 2 is 1.79 bits per heavy atom. The largest absolute Gasteiger partial charge is 0.366 e. The lowest BCUT2D eigenvalue weighted by Gasteiger charge is -2.06. The molecule has 3 aromatic rings. The molecule has 0 aliphatic heterocycles. The van der Waals surface area contributed by atoms with Crippen LogP contribution in [-0.2, 0) is 0 Å². The summed E-state index contributed by atoms with van der Waals surface area (Å²) >= 11 is 0. The first-order valence-electron chi connectivity index (χ1n) is 6.00. The summed E-state index contributed by atoms with van der Waals surface area (Å²) < 4.78 is 0. The number of amides is 1. The summed E-state index contributed by atoms with van der Waals surface area (Å²) in [6.45, 7) is 0. The van der Waals surface area contributed by atoms with E-state index in [0.717, 1.165) is 22.0 Å². The quantitative estimate of drug-likeness (QED) is 0.758. The van der Waals surface area contributed by atoms with Gasteiger partial charge in [-0.05, 0) is 23.8 Å². The zero-order valence-corrected chi connectivity index (χ0v) is 10.2. The highest BCUT2D eigenvalue weighted by atomic mass is 16.1. The Kier molecular flexibility index (Phi) is 2.72. The van der Waals surface area contributed by atoms with Gasteiger partial charge in [-0.25, -0.2) is 0 Å². The number of hydrogen-bond acceptors (Lipinski definition) is 2. The van der Waals surface area contributed by atoms with E-state index >= 15 is 0 Å². The lowest BCUT2D eigenvalue weighted by Crippen LogP contribution is -2.10. The van der Waals surface area contributed by atoms with Crippen molar-refractivity contribution in [2.75, 3.05) is 0 Å². The number of nitrogens with two attached hydrogens (primary N) is 1. The van der Waals surface area contributed by atoms with E-state index in [9.17, 15) is 4.79 Å². The molecule has 0 aliphatic rings. The van der Waals surface area contributed by atoms with Gasteiger partial charge in [0.25, 0.3) is 0 Å². The minimum Gasteiger partial charge on any atom is -0.366 e. The molecule has 0 saturated heterocycles. The summed E-state index contributed by atoms with van der Waals surface area (Å²) in [6, 6.07) is 17.2. The van der Waals surface area contributed by atoms with E-state index in [1.54, 1.807) is 18.3 Å². The third kappa shape index (κ3) is 2.06. The molecule has 3 rings (SSSR count). The van der Waals surface area contributed by atoms with Crippen molar-refractivity contribution in [2.24, 2.45) is 5.73 Å². The molecule has 19 heavy (non-hydrogen) atoms. The van der Waals surface area contributed by atoms with Gasteiger partial charge < -0.3 is 5.73 Å². The first-order valence-corrected chi connectivity index (χ1v) is 6.00. The summed E-state index contributed by atoms with van der Waals surface area (Å²) in [5.74, 6) is -0.421. The van der Waals surface area contributed by atoms with Gasteiger partial charge in [-0.3, -0.25) is 9.78 Å². The zero-order valence-electron chi connectivity index (χ0n) is 10.2. The minimum atomic E-state index is -0.421. The summed E-state index contributed by atoms with van der Waals surface area (Å²) in [4.78, 5) is 15.7. The van der Waals surface area contributed by atoms with Crippen molar-refractivity contribution >= 4 is 16.8 Å². The lowest BCUT2D eigenvalue weighted by atomic mass is 10.00. The Morgan fingerprint density at radius 3 is 2.63 bits per heavy atom. The van der Waals surface area contributed by atoms with Gasteiger partial charge >= 0.3 is 0 Å². The van der Waals surface area contributed by atoms with Gasteiger partial charge in [0.1, 0.15) is 0 Å². The summed E-state index contributed by atoms with van der Waals surface area (Å²) in [5, 5.41) is 1.07. The van der Waals surface area contributed by atoms with Crippen LogP contribution in [0, 0.1) is 0 Å². The summed E-state index contributed by atoms with van der Waals surface area (Å²) in [5.41, 5.74) is 8.69. The van der Waals surface area contributed by atoms with Crippen molar-refractivity contribution in [1.29, 1.82) is 0 Å². The summed E-state index contributed by atoms with van der Waals surface area (Å²) in [6.07, 6.45) is 1.77. The molecule has 1 heterocycles. The number of para-hydroxylation sites is 1. The lowest BCUT2D eigenvalue weighted by molar-refractivity contribution is 0.100. The second kappa shape index (κ2) is 4.53. The molecule has 0 radical (unpaired) electrons. The number of hydrogen-bond donors (Lipinski definition) is 1. The van der Waals surface area contributed by atoms with Crippen LogP contribution in [0.25, 0.3) is 22.0 Å². The van der Waals surface area contributed by atoms with Crippen LogP contribution in [0.1, 0.15) is 10.4 Å². The third-order valence-electron chi connectivity index (χ3n) is 3.09. The van der Waals surface area contributed by atoms with Crippen molar-refractivity contribution in [3.05, 3.63) is 66.4 Å². The molecule has 0 bridgehead atoms. The molecule has 92 valence electrons. The number of carbonyl (C=O) groups is 1. The normalized spacial score (nSPS) is 10.5. The highest BCUT2D eigenvalue weighted by molar-refractivity contribution is 5.97. The van der Waals surface area contributed by atoms with Gasteiger partial charge in [0.15, 0.2) is 0 Å². The second-order valence-electron chi connectivity index (χ2n) is 4.33. The van der Waals surface area contributed by atoms with E-state index in [1.807, 2.05) is 42.5 Å². The van der Waals surface area contributed by atoms with Crippen LogP contribution in [0.4, 0.5) is 0 Å². The van der Waals surface area contributed by atoms with Gasteiger partial charge in [-0.2, -0.15) is 0 Å². The molecule has 2 aromatic carbocycles. The van der Waals surface area contributed by atoms with Crippen molar-refractivity contribution in [3.8, 4) is 11.1 Å². The van der Waals surface area contributed by atoms with Gasteiger partial charge in [0.2, 0.25) is 5.91 Å². The number of aromatic nitrogens is 1. The standard InChI is InChI=1S/C16H12N2O/c17-16(19)13-6-1-5-12(10-13)14-8-2-4-11-7-3-9-18-15(11)14/h1-10H,(H2,17,19). The molecule has 3 nitrogen and oxygen atoms in total. The van der Waals surface area contributed by atoms with Crippen LogP contribution in [0.5, 0.6) is 0 Å². The fourth-order valence-corrected chi connectivity index (χ4v) is 2.18. The van der Waals surface area contributed by atoms with E-state index in [1.165, 1.54) is 0 Å². The van der Waals surface area contributed by atoms with Crippen molar-refractivity contribution in [2.45, 2.75) is 0 Å². The Morgan fingerprint density at radius 1 is 1.00 bits per heavy atom. The molecule has 3 heteroatoms. The predicted octanol–water partition coefficient (Wildman–Crippen LogP) is 3.00. The van der Waals surface area contributed by atoms with Gasteiger partial charge in [0.05, 0.1) is 5.52 Å². The average Bonchev–Trinajstić information content (AvgIpc) is 2.47. The minimum absolute atomic E-state index is 0.421. The number of pyridine rings is 1. The van der Waals surface area contributed by atoms with Crippen LogP contribution < -0.4 is 5.73 Å². The Balaban J connectivity index is 2.24. The Bertz CT molecular complexity index is 760. The monoisotopic (exact) mass is 248 g/mol. The SMILES string of the molecule is NC(=O)c1cccc(-c2cccc3cccnc23)c1. The Hall–Kier alpha value is -2.68. The predicted molar refractivity (Wildman–Crippen MR) is 75.7 cm³/mol. The van der Waals surface area contributed by atoms with Crippen LogP contribution in [0.15, 0.2) is 60.8 Å². The Labute approximate surface area is 110 Å². The third-order valence-corrected chi connectivity index (χ3v) is 3.09. The summed E-state index contributed by atoms with van der Waals surface area (Å²) in [7, 11) is 0. The van der Waals surface area contributed by atoms with Gasteiger partial charge in [-0.1, -0.05) is 36.4 Å². The van der Waals surface area contributed by atoms with E-state index in [4.69, 9.17) is 5.73 Å². The maximum Gasteiger partial charge on any atom is 0.248 e. The number of benzene rings is 2. The molecule has 1 amide bonds. The molecular formula is C16H12N2O. The fourth-order valence-electron chi connectivity index (χ4n) is 2.18. The van der Waals surface area contributed by atoms with Crippen LogP contribution in [0.2, 0.25) is 0 Å². The van der Waals surface area contributed by atoms with E-state index in [2.05, 4.69) is 4.98 Å². The molecule has 2 N–H and O–H groups in total. The highest BCUT2D eigenvalue weighted by Crippen LogP contribution is 2.27. The number of fused-ring (bicyclic) bond motifs is 1. The van der Waals surface area contributed by atoms with Gasteiger partial charge in [-0.15, -0.1) is 0 Å². The smallest absolute Gasteiger partial charge is 0.248 e. The number of primary amides is 1. The molecule has 1 aromatic heterocycles.